The lowest BCUT2D eigenvalue weighted by Crippen LogP contribution is -2.43. The van der Waals surface area contributed by atoms with Crippen LogP contribution in [-0.4, -0.2) is 41.1 Å². The molecule has 0 atom stereocenters. The van der Waals surface area contributed by atoms with E-state index in [9.17, 15) is 0 Å². The monoisotopic (exact) mass is 362 g/mol. The molecule has 0 saturated carbocycles. The number of ether oxygens (including phenoxy) is 1. The first-order valence-corrected chi connectivity index (χ1v) is 9.00. The van der Waals surface area contributed by atoms with E-state index in [4.69, 9.17) is 10.5 Å². The van der Waals surface area contributed by atoms with Gasteiger partial charge in [-0.15, -0.1) is 0 Å². The van der Waals surface area contributed by atoms with Crippen LogP contribution in [0.15, 0.2) is 55.0 Å². The van der Waals surface area contributed by atoms with Crippen LogP contribution in [0.3, 0.4) is 0 Å². The van der Waals surface area contributed by atoms with Crippen molar-refractivity contribution in [2.45, 2.75) is 6.61 Å². The third-order valence-corrected chi connectivity index (χ3v) is 4.54. The van der Waals surface area contributed by atoms with Gasteiger partial charge in [-0.05, 0) is 29.8 Å². The smallest absolute Gasteiger partial charge is 0.258 e. The van der Waals surface area contributed by atoms with Gasteiger partial charge in [-0.2, -0.15) is 0 Å². The van der Waals surface area contributed by atoms with Gasteiger partial charge in [0, 0.05) is 49.8 Å². The zero-order valence-electron chi connectivity index (χ0n) is 15.0. The highest BCUT2D eigenvalue weighted by Gasteiger charge is 2.12. The number of pyridine rings is 1. The van der Waals surface area contributed by atoms with Gasteiger partial charge in [-0.3, -0.25) is 4.98 Å². The molecule has 0 amide bonds. The standard InChI is InChI=1S/C20H22N6O/c21-19-20(27-14-15-5-7-22-8-6-15)25-18(13-24-19)16-1-3-17(4-2-16)26-11-9-23-10-12-26/h1-8,13,23H,9-12,14H2,(H2,21,24). The van der Waals surface area contributed by atoms with Gasteiger partial charge in [0.15, 0.2) is 5.82 Å². The number of anilines is 2. The van der Waals surface area contributed by atoms with Crippen molar-refractivity contribution < 1.29 is 4.74 Å². The van der Waals surface area contributed by atoms with Gasteiger partial charge in [-0.25, -0.2) is 9.97 Å². The third-order valence-electron chi connectivity index (χ3n) is 4.54. The zero-order valence-corrected chi connectivity index (χ0v) is 15.0. The number of nitrogen functional groups attached to an aromatic ring is 1. The average Bonchev–Trinajstić information content (AvgIpc) is 2.75. The van der Waals surface area contributed by atoms with Crippen molar-refractivity contribution in [2.24, 2.45) is 0 Å². The second kappa shape index (κ2) is 8.01. The molecular weight excluding hydrogens is 340 g/mol. The molecule has 0 bridgehead atoms. The van der Waals surface area contributed by atoms with Gasteiger partial charge < -0.3 is 20.7 Å². The van der Waals surface area contributed by atoms with Crippen molar-refractivity contribution in [2.75, 3.05) is 36.8 Å². The summed E-state index contributed by atoms with van der Waals surface area (Å²) in [6, 6.07) is 12.1. The lowest BCUT2D eigenvalue weighted by Gasteiger charge is -2.29. The van der Waals surface area contributed by atoms with Crippen molar-refractivity contribution in [3.8, 4) is 17.1 Å². The Kier molecular flexibility index (Phi) is 5.11. The van der Waals surface area contributed by atoms with E-state index in [0.717, 1.165) is 43.0 Å². The van der Waals surface area contributed by atoms with Gasteiger partial charge in [0.25, 0.3) is 5.88 Å². The van der Waals surface area contributed by atoms with Crippen LogP contribution >= 0.6 is 0 Å². The topological polar surface area (TPSA) is 89.2 Å². The SMILES string of the molecule is Nc1ncc(-c2ccc(N3CCNCC3)cc2)nc1OCc1ccncc1. The van der Waals surface area contributed by atoms with Gasteiger partial charge >= 0.3 is 0 Å². The van der Waals surface area contributed by atoms with E-state index in [2.05, 4.69) is 49.4 Å². The first kappa shape index (κ1) is 17.2. The molecule has 1 saturated heterocycles. The highest BCUT2D eigenvalue weighted by molar-refractivity contribution is 5.64. The number of aromatic nitrogens is 3. The van der Waals surface area contributed by atoms with E-state index in [-0.39, 0.29) is 5.82 Å². The molecule has 3 heterocycles. The predicted molar refractivity (Wildman–Crippen MR) is 106 cm³/mol. The summed E-state index contributed by atoms with van der Waals surface area (Å²) in [4.78, 5) is 15.2. The second-order valence-electron chi connectivity index (χ2n) is 6.37. The Hall–Kier alpha value is -3.19. The molecule has 1 aliphatic rings. The van der Waals surface area contributed by atoms with Gasteiger partial charge in [-0.1, -0.05) is 12.1 Å². The highest BCUT2D eigenvalue weighted by Crippen LogP contribution is 2.25. The molecule has 1 fully saturated rings. The molecule has 27 heavy (non-hydrogen) atoms. The van der Waals surface area contributed by atoms with E-state index in [1.165, 1.54) is 5.69 Å². The Morgan fingerprint density at radius 1 is 1.04 bits per heavy atom. The van der Waals surface area contributed by atoms with Crippen molar-refractivity contribution in [3.63, 3.8) is 0 Å². The first-order chi connectivity index (χ1) is 13.3. The van der Waals surface area contributed by atoms with Crippen molar-refractivity contribution in [1.29, 1.82) is 0 Å². The normalized spacial score (nSPS) is 14.1. The van der Waals surface area contributed by atoms with Crippen LogP contribution in [0.2, 0.25) is 0 Å². The highest BCUT2D eigenvalue weighted by atomic mass is 16.5. The van der Waals surface area contributed by atoms with Crippen LogP contribution in [0.5, 0.6) is 5.88 Å². The maximum Gasteiger partial charge on any atom is 0.258 e. The number of nitrogens with zero attached hydrogens (tertiary/aromatic N) is 4. The average molecular weight is 362 g/mol. The summed E-state index contributed by atoms with van der Waals surface area (Å²) in [5.41, 5.74) is 9.87. The Morgan fingerprint density at radius 3 is 2.52 bits per heavy atom. The van der Waals surface area contributed by atoms with E-state index in [1.807, 2.05) is 12.1 Å². The Morgan fingerprint density at radius 2 is 1.78 bits per heavy atom. The van der Waals surface area contributed by atoms with Crippen LogP contribution in [0.25, 0.3) is 11.3 Å². The molecule has 4 rings (SSSR count). The van der Waals surface area contributed by atoms with E-state index >= 15 is 0 Å². The second-order valence-corrected chi connectivity index (χ2v) is 6.37. The van der Waals surface area contributed by atoms with Crippen LogP contribution in [0.4, 0.5) is 11.5 Å². The quantitative estimate of drug-likeness (QED) is 0.718. The third kappa shape index (κ3) is 4.15. The molecule has 3 N–H and O–H groups in total. The van der Waals surface area contributed by atoms with Crippen LogP contribution in [0.1, 0.15) is 5.56 Å². The number of benzene rings is 1. The number of hydrogen-bond acceptors (Lipinski definition) is 7. The maximum absolute atomic E-state index is 5.93. The summed E-state index contributed by atoms with van der Waals surface area (Å²) in [7, 11) is 0. The van der Waals surface area contributed by atoms with Crippen LogP contribution < -0.4 is 20.7 Å². The zero-order chi connectivity index (χ0) is 18.5. The summed E-state index contributed by atoms with van der Waals surface area (Å²) in [5.74, 6) is 0.626. The van der Waals surface area contributed by atoms with Crippen molar-refractivity contribution in [1.82, 2.24) is 20.3 Å². The van der Waals surface area contributed by atoms with E-state index in [0.29, 0.717) is 12.5 Å². The number of hydrogen-bond donors (Lipinski definition) is 2. The molecule has 2 aromatic heterocycles. The summed E-state index contributed by atoms with van der Waals surface area (Å²) in [6.45, 7) is 4.45. The Bertz CT molecular complexity index is 879. The number of nitrogens with one attached hydrogen (secondary N) is 1. The number of nitrogens with two attached hydrogens (primary N) is 1. The van der Waals surface area contributed by atoms with E-state index < -0.39 is 0 Å². The number of piperazine rings is 1. The fourth-order valence-electron chi connectivity index (χ4n) is 3.02. The Balaban J connectivity index is 1.50. The largest absolute Gasteiger partial charge is 0.470 e. The summed E-state index contributed by atoms with van der Waals surface area (Å²) in [5, 5.41) is 3.37. The fourth-order valence-corrected chi connectivity index (χ4v) is 3.02. The van der Waals surface area contributed by atoms with E-state index in [1.54, 1.807) is 18.6 Å². The first-order valence-electron chi connectivity index (χ1n) is 9.00. The van der Waals surface area contributed by atoms with Gasteiger partial charge in [0.2, 0.25) is 0 Å². The van der Waals surface area contributed by atoms with Crippen LogP contribution in [-0.2, 0) is 6.61 Å². The van der Waals surface area contributed by atoms with Gasteiger partial charge in [0.1, 0.15) is 6.61 Å². The molecular formula is C20H22N6O. The minimum Gasteiger partial charge on any atom is -0.470 e. The summed E-state index contributed by atoms with van der Waals surface area (Å²) in [6.07, 6.45) is 5.13. The molecule has 3 aromatic rings. The lowest BCUT2D eigenvalue weighted by atomic mass is 10.1. The fraction of sp³-hybridized carbons (Fsp3) is 0.250. The van der Waals surface area contributed by atoms with Crippen molar-refractivity contribution in [3.05, 3.63) is 60.6 Å². The minimum atomic E-state index is 0.283. The molecule has 1 aliphatic heterocycles. The lowest BCUT2D eigenvalue weighted by molar-refractivity contribution is 0.295. The van der Waals surface area contributed by atoms with Crippen LogP contribution in [0, 0.1) is 0 Å². The molecule has 0 radical (unpaired) electrons. The van der Waals surface area contributed by atoms with Crippen molar-refractivity contribution >= 4 is 11.5 Å². The molecule has 7 nitrogen and oxygen atoms in total. The molecule has 0 unspecified atom stereocenters. The maximum atomic E-state index is 5.93. The Labute approximate surface area is 158 Å². The predicted octanol–water partition coefficient (Wildman–Crippen LogP) is 2.11. The summed E-state index contributed by atoms with van der Waals surface area (Å²) < 4.78 is 5.76. The molecule has 138 valence electrons. The molecule has 1 aromatic carbocycles. The molecule has 0 aliphatic carbocycles. The van der Waals surface area contributed by atoms with Gasteiger partial charge in [0.05, 0.1) is 11.9 Å². The molecule has 0 spiro atoms. The minimum absolute atomic E-state index is 0.283. The molecule has 7 heteroatoms. The summed E-state index contributed by atoms with van der Waals surface area (Å²) >= 11 is 0. The number of rotatable bonds is 5.